The lowest BCUT2D eigenvalue weighted by molar-refractivity contribution is -0.138. The van der Waals surface area contributed by atoms with Crippen LogP contribution in [0.4, 0.5) is 13.2 Å². The zero-order chi connectivity index (χ0) is 23.2. The van der Waals surface area contributed by atoms with E-state index in [0.29, 0.717) is 5.52 Å². The van der Waals surface area contributed by atoms with Gasteiger partial charge >= 0.3 is 6.18 Å². The third-order valence-corrected chi connectivity index (χ3v) is 6.28. The van der Waals surface area contributed by atoms with Gasteiger partial charge in [-0.3, -0.25) is 4.79 Å². The lowest BCUT2D eigenvalue weighted by atomic mass is 9.87. The Kier molecular flexibility index (Phi) is 5.44. The summed E-state index contributed by atoms with van der Waals surface area (Å²) in [4.78, 5) is 20.3. The second kappa shape index (κ2) is 8.30. The molecule has 4 aromatic rings. The number of ether oxygens (including phenoxy) is 1. The summed E-state index contributed by atoms with van der Waals surface area (Å²) >= 11 is 3.52. The van der Waals surface area contributed by atoms with Gasteiger partial charge in [-0.05, 0) is 72.9 Å². The van der Waals surface area contributed by atoms with Crippen molar-refractivity contribution in [3.05, 3.63) is 92.6 Å². The van der Waals surface area contributed by atoms with Crippen molar-refractivity contribution in [3.8, 4) is 11.6 Å². The van der Waals surface area contributed by atoms with Crippen LogP contribution >= 0.6 is 15.9 Å². The van der Waals surface area contributed by atoms with Crippen LogP contribution in [0.3, 0.4) is 0 Å². The van der Waals surface area contributed by atoms with Gasteiger partial charge in [0.15, 0.2) is 0 Å². The van der Waals surface area contributed by atoms with Crippen LogP contribution in [0.5, 0.6) is 11.6 Å². The smallest absolute Gasteiger partial charge is 0.421 e. The molecule has 0 bridgehead atoms. The monoisotopic (exact) mass is 515 g/mol. The average Bonchev–Trinajstić information content (AvgIpc) is 2.79. The molecule has 0 saturated heterocycles. The van der Waals surface area contributed by atoms with Crippen LogP contribution in [0.2, 0.25) is 0 Å². The highest BCUT2D eigenvalue weighted by Crippen LogP contribution is 2.38. The van der Waals surface area contributed by atoms with Gasteiger partial charge in [0, 0.05) is 10.7 Å². The van der Waals surface area contributed by atoms with Crippen molar-refractivity contribution in [3.63, 3.8) is 0 Å². The largest absolute Gasteiger partial charge is 0.438 e. The molecular formula is C24H17BrF3N3O2. The molecule has 1 aliphatic carbocycles. The standard InChI is InChI=1S/C24H17BrF3N3O2/c25-15-6-8-17-14(11-15)3-1-5-20(17)31-13-30-22(32)18-12-16(7-9-21(18)31)33-23-19(24(26,27)28)4-2-10-29-23/h2,4,6-13,20H,1,3,5H2. The fourth-order valence-electron chi connectivity index (χ4n) is 4.32. The van der Waals surface area contributed by atoms with E-state index >= 15 is 0 Å². The summed E-state index contributed by atoms with van der Waals surface area (Å²) in [5.41, 5.74) is 1.58. The van der Waals surface area contributed by atoms with Crippen LogP contribution in [-0.4, -0.2) is 14.5 Å². The fourth-order valence-corrected chi connectivity index (χ4v) is 4.72. The predicted molar refractivity (Wildman–Crippen MR) is 121 cm³/mol. The first-order valence-corrected chi connectivity index (χ1v) is 11.1. The number of pyridine rings is 1. The summed E-state index contributed by atoms with van der Waals surface area (Å²) in [6.45, 7) is 0. The highest BCUT2D eigenvalue weighted by Gasteiger charge is 2.35. The Hall–Kier alpha value is -3.20. The van der Waals surface area contributed by atoms with Gasteiger partial charge in [-0.15, -0.1) is 0 Å². The molecule has 9 heteroatoms. The van der Waals surface area contributed by atoms with Crippen molar-refractivity contribution >= 4 is 26.8 Å². The molecule has 33 heavy (non-hydrogen) atoms. The van der Waals surface area contributed by atoms with Crippen molar-refractivity contribution in [2.45, 2.75) is 31.5 Å². The maximum absolute atomic E-state index is 13.3. The Bertz CT molecular complexity index is 1420. The van der Waals surface area contributed by atoms with E-state index in [1.165, 1.54) is 35.8 Å². The first-order chi connectivity index (χ1) is 15.8. The lowest BCUT2D eigenvalue weighted by Gasteiger charge is -2.29. The van der Waals surface area contributed by atoms with Gasteiger partial charge < -0.3 is 9.30 Å². The summed E-state index contributed by atoms with van der Waals surface area (Å²) in [5.74, 6) is -0.489. The maximum atomic E-state index is 13.3. The van der Waals surface area contributed by atoms with E-state index in [-0.39, 0.29) is 17.2 Å². The number of fused-ring (bicyclic) bond motifs is 2. The second-order valence-corrected chi connectivity index (χ2v) is 8.76. The lowest BCUT2D eigenvalue weighted by Crippen LogP contribution is -2.21. The van der Waals surface area contributed by atoms with Crippen molar-refractivity contribution in [2.24, 2.45) is 0 Å². The van der Waals surface area contributed by atoms with Gasteiger partial charge in [0.1, 0.15) is 11.3 Å². The van der Waals surface area contributed by atoms with E-state index < -0.39 is 23.2 Å². The van der Waals surface area contributed by atoms with E-state index in [2.05, 4.69) is 38.0 Å². The maximum Gasteiger partial charge on any atom is 0.421 e. The van der Waals surface area contributed by atoms with Crippen LogP contribution in [0.15, 0.2) is 70.3 Å². The first kappa shape index (κ1) is 21.6. The van der Waals surface area contributed by atoms with Gasteiger partial charge in [-0.1, -0.05) is 22.0 Å². The topological polar surface area (TPSA) is 57.0 Å². The molecule has 0 radical (unpaired) electrons. The van der Waals surface area contributed by atoms with Crippen molar-refractivity contribution in [2.75, 3.05) is 0 Å². The minimum Gasteiger partial charge on any atom is -0.438 e. The molecule has 168 valence electrons. The number of aryl methyl sites for hydroxylation is 1. The molecule has 2 heterocycles. The third kappa shape index (κ3) is 4.13. The molecule has 5 nitrogen and oxygen atoms in total. The molecule has 2 aromatic heterocycles. The molecule has 0 N–H and O–H groups in total. The summed E-state index contributed by atoms with van der Waals surface area (Å²) < 4.78 is 48.3. The first-order valence-electron chi connectivity index (χ1n) is 10.3. The molecule has 2 aromatic carbocycles. The summed E-state index contributed by atoms with van der Waals surface area (Å²) in [6, 6.07) is 12.9. The Labute approximate surface area is 195 Å². The number of nitrogens with zero attached hydrogens (tertiary/aromatic N) is 3. The molecule has 0 spiro atoms. The average molecular weight is 516 g/mol. The zero-order valence-electron chi connectivity index (χ0n) is 17.1. The van der Waals surface area contributed by atoms with E-state index in [0.717, 1.165) is 29.8 Å². The molecule has 0 saturated carbocycles. The zero-order valence-corrected chi connectivity index (χ0v) is 18.7. The highest BCUT2D eigenvalue weighted by atomic mass is 79.9. The number of rotatable bonds is 3. The molecule has 1 aliphatic rings. The van der Waals surface area contributed by atoms with Gasteiger partial charge in [0.05, 0.1) is 23.3 Å². The fraction of sp³-hybridized carbons (Fsp3) is 0.208. The van der Waals surface area contributed by atoms with E-state index in [9.17, 15) is 18.0 Å². The van der Waals surface area contributed by atoms with E-state index in [1.54, 1.807) is 12.1 Å². The Morgan fingerprint density at radius 1 is 1.09 bits per heavy atom. The van der Waals surface area contributed by atoms with E-state index in [4.69, 9.17) is 4.74 Å². The van der Waals surface area contributed by atoms with Crippen molar-refractivity contribution in [1.29, 1.82) is 0 Å². The van der Waals surface area contributed by atoms with Crippen LogP contribution in [0.1, 0.15) is 35.6 Å². The highest BCUT2D eigenvalue weighted by molar-refractivity contribution is 9.10. The number of benzene rings is 2. The number of halogens is 4. The van der Waals surface area contributed by atoms with Gasteiger partial charge in [0.2, 0.25) is 5.88 Å². The number of hydrogen-bond donors (Lipinski definition) is 0. The number of aromatic nitrogens is 3. The minimum atomic E-state index is -4.61. The molecule has 0 amide bonds. The van der Waals surface area contributed by atoms with Gasteiger partial charge in [-0.25, -0.2) is 4.98 Å². The van der Waals surface area contributed by atoms with Crippen LogP contribution in [0, 0.1) is 0 Å². The van der Waals surface area contributed by atoms with E-state index in [1.807, 2.05) is 10.6 Å². The SMILES string of the molecule is O=c1ncn(C2CCCc3cc(Br)ccc32)c2ccc(Oc3ncccc3C(F)(F)F)cc12. The minimum absolute atomic E-state index is 0.00293. The molecule has 5 rings (SSSR count). The van der Waals surface area contributed by atoms with Crippen molar-refractivity contribution < 1.29 is 17.9 Å². The molecule has 0 aliphatic heterocycles. The summed E-state index contributed by atoms with van der Waals surface area (Å²) in [7, 11) is 0. The van der Waals surface area contributed by atoms with Gasteiger partial charge in [0.25, 0.3) is 5.56 Å². The molecule has 1 atom stereocenters. The summed E-state index contributed by atoms with van der Waals surface area (Å²) in [6.07, 6.45) is 0.989. The second-order valence-electron chi connectivity index (χ2n) is 7.84. The van der Waals surface area contributed by atoms with Crippen molar-refractivity contribution in [1.82, 2.24) is 14.5 Å². The van der Waals surface area contributed by atoms with Crippen LogP contribution in [0.25, 0.3) is 10.9 Å². The molecule has 1 unspecified atom stereocenters. The molecule has 0 fully saturated rings. The quantitative estimate of drug-likeness (QED) is 0.321. The summed E-state index contributed by atoms with van der Waals surface area (Å²) in [5, 5.41) is 0.267. The number of hydrogen-bond acceptors (Lipinski definition) is 4. The Balaban J connectivity index is 1.57. The van der Waals surface area contributed by atoms with Gasteiger partial charge in [-0.2, -0.15) is 18.2 Å². The van der Waals surface area contributed by atoms with Crippen LogP contribution in [-0.2, 0) is 12.6 Å². The van der Waals surface area contributed by atoms with Crippen LogP contribution < -0.4 is 10.3 Å². The molecular weight excluding hydrogens is 499 g/mol. The predicted octanol–water partition coefficient (Wildman–Crippen LogP) is 6.29. The normalized spacial score (nSPS) is 15.9. The number of alkyl halides is 3. The third-order valence-electron chi connectivity index (χ3n) is 5.79. The Morgan fingerprint density at radius 3 is 2.76 bits per heavy atom. The Morgan fingerprint density at radius 2 is 1.94 bits per heavy atom.